The van der Waals surface area contributed by atoms with Gasteiger partial charge in [-0.2, -0.15) is 0 Å². The summed E-state index contributed by atoms with van der Waals surface area (Å²) in [5, 5.41) is 0. The Hall–Kier alpha value is 0.430. The van der Waals surface area contributed by atoms with Crippen molar-refractivity contribution in [2.24, 2.45) is 0 Å². The summed E-state index contributed by atoms with van der Waals surface area (Å²) in [5.41, 5.74) is 2.32. The molecule has 2 rings (SSSR count). The minimum absolute atomic E-state index is 1.13. The first-order chi connectivity index (χ1) is 7.45. The van der Waals surface area contributed by atoms with Gasteiger partial charge in [-0.25, -0.2) is 0 Å². The maximum atomic E-state index is 1.56. The van der Waals surface area contributed by atoms with Gasteiger partial charge in [-0.3, -0.25) is 0 Å². The smallest absolute Gasteiger partial charge is 0.0234 e. The molecule has 0 aliphatic heterocycles. The Kier molecular flexibility index (Phi) is 5.47. The summed E-state index contributed by atoms with van der Waals surface area (Å²) in [6.45, 7) is 0. The fourth-order valence-electron chi connectivity index (χ4n) is 2.74. The molecule has 2 aliphatic rings. The van der Waals surface area contributed by atoms with E-state index in [-0.39, 0.29) is 0 Å². The van der Waals surface area contributed by atoms with E-state index >= 15 is 0 Å². The largest absolute Gasteiger partial charge is 0.116 e. The van der Waals surface area contributed by atoms with Crippen LogP contribution in [0.1, 0.15) is 77.0 Å². The van der Waals surface area contributed by atoms with E-state index in [0.29, 0.717) is 0 Å². The van der Waals surface area contributed by atoms with Crippen molar-refractivity contribution in [2.75, 3.05) is 0 Å². The maximum Gasteiger partial charge on any atom is -0.0234 e. The summed E-state index contributed by atoms with van der Waals surface area (Å²) in [6, 6.07) is 0. The van der Waals surface area contributed by atoms with Crippen LogP contribution in [0.15, 0.2) is 0 Å². The van der Waals surface area contributed by atoms with Gasteiger partial charge in [0.25, 0.3) is 0 Å². The highest BCUT2D eigenvalue weighted by atomic mass is 31.1. The lowest BCUT2D eigenvalue weighted by molar-refractivity contribution is 0.585. The topological polar surface area (TPSA) is 0 Å². The average Bonchev–Trinajstić information content (AvgIpc) is 3.03. The van der Waals surface area contributed by atoms with Gasteiger partial charge in [0, 0.05) is 0 Å². The Morgan fingerprint density at radius 2 is 0.867 bits per heavy atom. The van der Waals surface area contributed by atoms with Gasteiger partial charge >= 0.3 is 0 Å². The lowest BCUT2D eigenvalue weighted by atomic mass is 10.1. The van der Waals surface area contributed by atoms with Gasteiger partial charge in [0.2, 0.25) is 0 Å². The quantitative estimate of drug-likeness (QED) is 0.574. The van der Waals surface area contributed by atoms with E-state index in [0.717, 1.165) is 5.66 Å². The van der Waals surface area contributed by atoms with Crippen LogP contribution in [0, 0.1) is 0 Å². The van der Waals surface area contributed by atoms with Crippen LogP contribution in [-0.4, -0.2) is 11.3 Å². The van der Waals surface area contributed by atoms with E-state index in [4.69, 9.17) is 0 Å². The van der Waals surface area contributed by atoms with Crippen molar-refractivity contribution < 1.29 is 0 Å². The first-order valence-corrected chi connectivity index (χ1v) is 8.37. The van der Waals surface area contributed by atoms with Crippen molar-refractivity contribution in [1.29, 1.82) is 0 Å². The Labute approximate surface area is 97.4 Å². The molecule has 0 N–H and O–H groups in total. The highest BCUT2D eigenvalue weighted by molar-refractivity contribution is 7.40. The van der Waals surface area contributed by atoms with E-state index < -0.39 is 0 Å². The number of hydrogen-bond acceptors (Lipinski definition) is 0. The molecule has 88 valence electrons. The summed E-state index contributed by atoms with van der Waals surface area (Å²) in [6.07, 6.45) is 18.4. The van der Waals surface area contributed by atoms with Crippen molar-refractivity contribution >= 4 is 8.58 Å². The van der Waals surface area contributed by atoms with Crippen molar-refractivity contribution in [3.63, 3.8) is 0 Å². The molecule has 0 aromatic rings. The van der Waals surface area contributed by atoms with Crippen LogP contribution in [0.5, 0.6) is 0 Å². The minimum atomic E-state index is 1.13. The molecule has 0 aromatic heterocycles. The Morgan fingerprint density at radius 1 is 0.467 bits per heavy atom. The first-order valence-electron chi connectivity index (χ1n) is 7.21. The van der Waals surface area contributed by atoms with Gasteiger partial charge in [-0.15, -0.1) is 8.58 Å². The molecule has 0 saturated heterocycles. The third-order valence-electron chi connectivity index (χ3n) is 3.90. The summed E-state index contributed by atoms with van der Waals surface area (Å²) in [5.74, 6) is 0. The fraction of sp³-hybridized carbons (Fsp3) is 1.00. The van der Waals surface area contributed by atoms with E-state index in [1.165, 1.54) is 65.6 Å². The lowest BCUT2D eigenvalue weighted by Gasteiger charge is -2.16. The predicted octanol–water partition coefficient (Wildman–Crippen LogP) is 5.11. The second-order valence-electron chi connectivity index (χ2n) is 5.54. The molecular weight excluding hydrogens is 199 g/mol. The van der Waals surface area contributed by atoms with Gasteiger partial charge in [-0.1, -0.05) is 51.4 Å². The minimum Gasteiger partial charge on any atom is -0.116 e. The van der Waals surface area contributed by atoms with Crippen LogP contribution in [0.4, 0.5) is 0 Å². The van der Waals surface area contributed by atoms with Crippen LogP contribution in [0.25, 0.3) is 0 Å². The van der Waals surface area contributed by atoms with Crippen LogP contribution in [-0.2, 0) is 0 Å². The fourth-order valence-corrected chi connectivity index (χ4v) is 4.64. The second kappa shape index (κ2) is 6.89. The van der Waals surface area contributed by atoms with Gasteiger partial charge in [0.1, 0.15) is 0 Å². The van der Waals surface area contributed by atoms with Gasteiger partial charge in [0.15, 0.2) is 0 Å². The molecule has 0 radical (unpaired) electrons. The molecule has 15 heavy (non-hydrogen) atoms. The molecule has 1 atom stereocenters. The zero-order chi connectivity index (χ0) is 10.3. The van der Waals surface area contributed by atoms with E-state index in [9.17, 15) is 0 Å². The van der Waals surface area contributed by atoms with Gasteiger partial charge in [0.05, 0.1) is 0 Å². The van der Waals surface area contributed by atoms with Crippen molar-refractivity contribution in [1.82, 2.24) is 0 Å². The van der Waals surface area contributed by atoms with E-state index in [1.807, 2.05) is 0 Å². The molecule has 2 fully saturated rings. The average molecular weight is 226 g/mol. The van der Waals surface area contributed by atoms with Crippen LogP contribution >= 0.6 is 8.58 Å². The maximum absolute atomic E-state index is 1.56. The number of rotatable bonds is 2. The summed E-state index contributed by atoms with van der Waals surface area (Å²) < 4.78 is 0. The molecule has 0 heterocycles. The molecule has 0 nitrogen and oxygen atoms in total. The number of hydrogen-bond donors (Lipinski definition) is 0. The molecule has 0 spiro atoms. The van der Waals surface area contributed by atoms with Crippen molar-refractivity contribution in [2.45, 2.75) is 88.4 Å². The van der Waals surface area contributed by atoms with Crippen LogP contribution in [0.2, 0.25) is 0 Å². The first kappa shape index (κ1) is 11.9. The molecule has 1 unspecified atom stereocenters. The van der Waals surface area contributed by atoms with E-state index in [1.54, 1.807) is 25.7 Å². The predicted molar refractivity (Wildman–Crippen MR) is 71.3 cm³/mol. The lowest BCUT2D eigenvalue weighted by Crippen LogP contribution is -2.02. The highest BCUT2D eigenvalue weighted by Crippen LogP contribution is 2.45. The summed E-state index contributed by atoms with van der Waals surface area (Å²) in [7, 11) is 1.33. The van der Waals surface area contributed by atoms with Crippen LogP contribution < -0.4 is 0 Å². The molecule has 0 aromatic carbocycles. The Morgan fingerprint density at radius 3 is 1.33 bits per heavy atom. The second-order valence-corrected chi connectivity index (χ2v) is 7.51. The molecular formula is C14H27P. The van der Waals surface area contributed by atoms with Gasteiger partial charge < -0.3 is 0 Å². The van der Waals surface area contributed by atoms with Crippen LogP contribution in [0.3, 0.4) is 0 Å². The Bertz CT molecular complexity index is 151. The highest BCUT2D eigenvalue weighted by Gasteiger charge is 2.24. The zero-order valence-electron chi connectivity index (χ0n) is 10.1. The van der Waals surface area contributed by atoms with Crippen molar-refractivity contribution in [3.05, 3.63) is 0 Å². The van der Waals surface area contributed by atoms with E-state index in [2.05, 4.69) is 0 Å². The third kappa shape index (κ3) is 5.34. The molecule has 1 heteroatoms. The van der Waals surface area contributed by atoms with Gasteiger partial charge in [-0.05, 0) is 37.0 Å². The third-order valence-corrected chi connectivity index (χ3v) is 6.00. The Balaban J connectivity index is 1.68. The normalized spacial score (nSPS) is 28.0. The zero-order valence-corrected chi connectivity index (χ0v) is 11.1. The summed E-state index contributed by atoms with van der Waals surface area (Å²) in [4.78, 5) is 0. The molecule has 2 saturated carbocycles. The monoisotopic (exact) mass is 226 g/mol. The summed E-state index contributed by atoms with van der Waals surface area (Å²) >= 11 is 0. The van der Waals surface area contributed by atoms with Crippen molar-refractivity contribution in [3.8, 4) is 0 Å². The standard InChI is InChI=1S/C14H27P/c1-2-4-6-8-10-13(9-7-5-3-1)15-14-11-12-14/h13-15H,1-12H2. The molecule has 0 amide bonds. The molecule has 0 bridgehead atoms. The SMILES string of the molecule is C1CCCCCC(PC2CC2)CCCC1. The molecule has 2 aliphatic carbocycles.